The SMILES string of the molecule is O=C(Cl)CCCCCCCCC1OC1Cl. The number of hydrogen-bond donors (Lipinski definition) is 0. The summed E-state index contributed by atoms with van der Waals surface area (Å²) in [5.74, 6) is 0. The third-order valence-corrected chi connectivity index (χ3v) is 3.21. The summed E-state index contributed by atoms with van der Waals surface area (Å²) in [6.45, 7) is 0. The van der Waals surface area contributed by atoms with Crippen LogP contribution in [0.2, 0.25) is 0 Å². The van der Waals surface area contributed by atoms with Crippen LogP contribution < -0.4 is 0 Å². The normalized spacial score (nSPS) is 24.1. The van der Waals surface area contributed by atoms with Crippen LogP contribution in [0, 0.1) is 0 Å². The van der Waals surface area contributed by atoms with Crippen molar-refractivity contribution in [2.24, 2.45) is 0 Å². The minimum absolute atomic E-state index is 0.0141. The van der Waals surface area contributed by atoms with Crippen molar-refractivity contribution in [2.45, 2.75) is 63.0 Å². The van der Waals surface area contributed by atoms with Gasteiger partial charge in [-0.2, -0.15) is 0 Å². The zero-order chi connectivity index (χ0) is 11.1. The summed E-state index contributed by atoms with van der Waals surface area (Å²) >= 11 is 10.9. The van der Waals surface area contributed by atoms with Crippen molar-refractivity contribution in [3.8, 4) is 0 Å². The molecule has 1 aliphatic rings. The Bertz CT molecular complexity index is 197. The predicted molar refractivity (Wildman–Crippen MR) is 62.3 cm³/mol. The highest BCUT2D eigenvalue weighted by atomic mass is 35.5. The number of hydrogen-bond acceptors (Lipinski definition) is 2. The molecule has 0 bridgehead atoms. The lowest BCUT2D eigenvalue weighted by atomic mass is 10.1. The molecule has 1 fully saturated rings. The van der Waals surface area contributed by atoms with Gasteiger partial charge in [-0.05, 0) is 24.4 Å². The van der Waals surface area contributed by atoms with E-state index in [1.54, 1.807) is 0 Å². The van der Waals surface area contributed by atoms with Crippen molar-refractivity contribution in [3.05, 3.63) is 0 Å². The van der Waals surface area contributed by atoms with Gasteiger partial charge < -0.3 is 4.74 Å². The van der Waals surface area contributed by atoms with Crippen LogP contribution >= 0.6 is 23.2 Å². The second-order valence-corrected chi connectivity index (χ2v) is 4.89. The molecular formula is C11H18Cl2O2. The summed E-state index contributed by atoms with van der Waals surface area (Å²) in [5.41, 5.74) is -0.0141. The highest BCUT2D eigenvalue weighted by Crippen LogP contribution is 2.30. The van der Waals surface area contributed by atoms with Gasteiger partial charge in [0.25, 0.3) is 0 Å². The summed E-state index contributed by atoms with van der Waals surface area (Å²) < 4.78 is 5.10. The highest BCUT2D eigenvalue weighted by Gasteiger charge is 2.35. The molecule has 0 aromatic rings. The van der Waals surface area contributed by atoms with E-state index >= 15 is 0 Å². The van der Waals surface area contributed by atoms with Crippen molar-refractivity contribution in [1.29, 1.82) is 0 Å². The second kappa shape index (κ2) is 7.48. The summed E-state index contributed by atoms with van der Waals surface area (Å²) in [6.07, 6.45) is 8.82. The number of rotatable bonds is 9. The Labute approximate surface area is 101 Å². The van der Waals surface area contributed by atoms with Crippen molar-refractivity contribution >= 4 is 28.4 Å². The number of alkyl halides is 1. The molecule has 1 heterocycles. The third kappa shape index (κ3) is 7.15. The first-order chi connectivity index (χ1) is 7.20. The van der Waals surface area contributed by atoms with E-state index in [0.717, 1.165) is 19.3 Å². The van der Waals surface area contributed by atoms with Gasteiger partial charge in [-0.1, -0.05) is 43.7 Å². The lowest BCUT2D eigenvalue weighted by Crippen LogP contribution is -1.89. The Morgan fingerprint density at radius 3 is 2.13 bits per heavy atom. The van der Waals surface area contributed by atoms with Crippen LogP contribution in [0.4, 0.5) is 0 Å². The number of unbranched alkanes of at least 4 members (excludes halogenated alkanes) is 5. The molecule has 0 saturated carbocycles. The first-order valence-corrected chi connectivity index (χ1v) is 6.49. The molecule has 0 amide bonds. The van der Waals surface area contributed by atoms with Gasteiger partial charge in [0.15, 0.2) is 5.56 Å². The molecule has 2 unspecified atom stereocenters. The molecular weight excluding hydrogens is 235 g/mol. The average Bonchev–Trinajstić information content (AvgIpc) is 2.86. The molecule has 2 nitrogen and oxygen atoms in total. The lowest BCUT2D eigenvalue weighted by Gasteiger charge is -1.99. The molecule has 0 aromatic heterocycles. The average molecular weight is 253 g/mol. The quantitative estimate of drug-likeness (QED) is 0.270. The first-order valence-electron chi connectivity index (χ1n) is 5.68. The van der Waals surface area contributed by atoms with Crippen LogP contribution in [0.3, 0.4) is 0 Å². The van der Waals surface area contributed by atoms with E-state index in [1.165, 1.54) is 25.7 Å². The second-order valence-electron chi connectivity index (χ2n) is 4.04. The number of carbonyl (C=O) groups is 1. The Morgan fingerprint density at radius 1 is 1.07 bits per heavy atom. The topological polar surface area (TPSA) is 29.6 Å². The fourth-order valence-corrected chi connectivity index (χ4v) is 2.03. The van der Waals surface area contributed by atoms with Crippen LogP contribution in [0.5, 0.6) is 0 Å². The Morgan fingerprint density at radius 2 is 1.60 bits per heavy atom. The molecule has 1 rings (SSSR count). The van der Waals surface area contributed by atoms with Gasteiger partial charge in [0.1, 0.15) is 0 Å². The molecule has 15 heavy (non-hydrogen) atoms. The predicted octanol–water partition coefficient (Wildman–Crippen LogP) is 3.84. The minimum Gasteiger partial charge on any atom is -0.352 e. The maximum absolute atomic E-state index is 10.4. The first kappa shape index (κ1) is 13.3. The zero-order valence-electron chi connectivity index (χ0n) is 8.88. The molecule has 2 atom stereocenters. The van der Waals surface area contributed by atoms with E-state index in [0.29, 0.717) is 12.5 Å². The zero-order valence-corrected chi connectivity index (χ0v) is 10.4. The van der Waals surface area contributed by atoms with Crippen LogP contribution in [-0.4, -0.2) is 16.9 Å². The van der Waals surface area contributed by atoms with E-state index < -0.39 is 0 Å². The summed E-state index contributed by atoms with van der Waals surface area (Å²) in [5, 5.41) is -0.214. The molecule has 0 N–H and O–H groups in total. The van der Waals surface area contributed by atoms with E-state index in [4.69, 9.17) is 27.9 Å². The van der Waals surface area contributed by atoms with E-state index in [9.17, 15) is 4.79 Å². The molecule has 4 heteroatoms. The van der Waals surface area contributed by atoms with Crippen molar-refractivity contribution in [2.75, 3.05) is 0 Å². The number of epoxide rings is 1. The minimum atomic E-state index is -0.214. The molecule has 0 radical (unpaired) electrons. The van der Waals surface area contributed by atoms with Gasteiger partial charge in [0.2, 0.25) is 5.24 Å². The standard InChI is InChI=1S/C11H18Cl2O2/c12-10(14)8-6-4-2-1-3-5-7-9-11(13)15-9/h9,11H,1-8H2. The number of halogens is 2. The maximum Gasteiger partial charge on any atom is 0.221 e. The highest BCUT2D eigenvalue weighted by molar-refractivity contribution is 6.63. The summed E-state index contributed by atoms with van der Waals surface area (Å²) in [7, 11) is 0. The van der Waals surface area contributed by atoms with Crippen LogP contribution in [0.15, 0.2) is 0 Å². The van der Waals surface area contributed by atoms with E-state index in [-0.39, 0.29) is 10.8 Å². The van der Waals surface area contributed by atoms with Crippen molar-refractivity contribution in [1.82, 2.24) is 0 Å². The smallest absolute Gasteiger partial charge is 0.221 e. The Balaban J connectivity index is 1.71. The number of carbonyl (C=O) groups excluding carboxylic acids is 1. The molecule has 1 aliphatic heterocycles. The number of ether oxygens (including phenoxy) is 1. The Hall–Kier alpha value is 0.210. The molecule has 88 valence electrons. The van der Waals surface area contributed by atoms with Gasteiger partial charge in [-0.15, -0.1) is 0 Å². The van der Waals surface area contributed by atoms with Gasteiger partial charge in [-0.3, -0.25) is 4.79 Å². The molecule has 0 aromatic carbocycles. The van der Waals surface area contributed by atoms with Crippen LogP contribution in [0.1, 0.15) is 51.4 Å². The fourth-order valence-electron chi connectivity index (χ4n) is 1.64. The monoisotopic (exact) mass is 252 g/mol. The van der Waals surface area contributed by atoms with Gasteiger partial charge in [0, 0.05) is 6.42 Å². The fraction of sp³-hybridized carbons (Fsp3) is 0.909. The summed E-state index contributed by atoms with van der Waals surface area (Å²) in [4.78, 5) is 10.4. The van der Waals surface area contributed by atoms with Gasteiger partial charge in [-0.25, -0.2) is 0 Å². The van der Waals surface area contributed by atoms with Crippen LogP contribution in [0.25, 0.3) is 0 Å². The summed E-state index contributed by atoms with van der Waals surface area (Å²) in [6, 6.07) is 0. The maximum atomic E-state index is 10.4. The van der Waals surface area contributed by atoms with Crippen molar-refractivity contribution < 1.29 is 9.53 Å². The molecule has 0 spiro atoms. The van der Waals surface area contributed by atoms with Crippen molar-refractivity contribution in [3.63, 3.8) is 0 Å². The van der Waals surface area contributed by atoms with E-state index in [2.05, 4.69) is 0 Å². The van der Waals surface area contributed by atoms with Crippen LogP contribution in [-0.2, 0) is 9.53 Å². The largest absolute Gasteiger partial charge is 0.352 e. The van der Waals surface area contributed by atoms with Gasteiger partial charge in [0.05, 0.1) is 6.10 Å². The van der Waals surface area contributed by atoms with Gasteiger partial charge >= 0.3 is 0 Å². The molecule has 1 saturated heterocycles. The third-order valence-electron chi connectivity index (χ3n) is 2.63. The van der Waals surface area contributed by atoms with E-state index in [1.807, 2.05) is 0 Å². The Kier molecular flexibility index (Phi) is 6.62. The lowest BCUT2D eigenvalue weighted by molar-refractivity contribution is -0.111. The molecule has 0 aliphatic carbocycles.